The molecule has 0 aromatic heterocycles. The predicted octanol–water partition coefficient (Wildman–Crippen LogP) is 3.94. The molecule has 0 aromatic carbocycles. The van der Waals surface area contributed by atoms with E-state index in [4.69, 9.17) is 0 Å². The molecule has 96 valence electrons. The molecule has 0 aliphatic heterocycles. The summed E-state index contributed by atoms with van der Waals surface area (Å²) < 4.78 is 0. The molecule has 1 rings (SSSR count). The Morgan fingerprint density at radius 1 is 1.31 bits per heavy atom. The Balaban J connectivity index is 2.21. The summed E-state index contributed by atoms with van der Waals surface area (Å²) in [4.78, 5) is 0. The maximum Gasteiger partial charge on any atom is 0.000782 e. The first-order valence-electron chi connectivity index (χ1n) is 7.01. The molecule has 1 nitrogen and oxygen atoms in total. The maximum atomic E-state index is 3.63. The molecule has 1 fully saturated rings. The molecule has 2 heteroatoms. The van der Waals surface area contributed by atoms with Gasteiger partial charge in [-0.3, -0.25) is 0 Å². The Bertz CT molecular complexity index is 180. The average Bonchev–Trinajstić information content (AvgIpc) is 3.09. The van der Waals surface area contributed by atoms with Gasteiger partial charge in [-0.05, 0) is 61.5 Å². The van der Waals surface area contributed by atoms with Crippen molar-refractivity contribution in [2.24, 2.45) is 11.3 Å². The van der Waals surface area contributed by atoms with Crippen LogP contribution in [-0.4, -0.2) is 24.6 Å². The van der Waals surface area contributed by atoms with Gasteiger partial charge < -0.3 is 5.32 Å². The lowest BCUT2D eigenvalue weighted by atomic mass is 9.80. The van der Waals surface area contributed by atoms with Gasteiger partial charge >= 0.3 is 0 Å². The van der Waals surface area contributed by atoms with Gasteiger partial charge in [0.25, 0.3) is 0 Å². The molecule has 1 aliphatic rings. The minimum atomic E-state index is 0.587. The first-order chi connectivity index (χ1) is 7.73. The van der Waals surface area contributed by atoms with Crippen molar-refractivity contribution in [3.63, 3.8) is 0 Å². The normalized spacial score (nSPS) is 19.7. The van der Waals surface area contributed by atoms with Crippen LogP contribution in [0, 0.1) is 11.3 Å². The smallest absolute Gasteiger partial charge is 0.000782 e. The molecule has 1 unspecified atom stereocenters. The molecule has 0 spiro atoms. The average molecular weight is 243 g/mol. The van der Waals surface area contributed by atoms with Gasteiger partial charge in [0.05, 0.1) is 0 Å². The van der Waals surface area contributed by atoms with Crippen LogP contribution in [0.2, 0.25) is 0 Å². The SMILES string of the molecule is CCCNCC(C)(CCCSCC)C1CC1. The van der Waals surface area contributed by atoms with Crippen LogP contribution in [0.5, 0.6) is 0 Å². The molecule has 0 heterocycles. The van der Waals surface area contributed by atoms with Crippen molar-refractivity contribution < 1.29 is 0 Å². The van der Waals surface area contributed by atoms with E-state index in [1.165, 1.54) is 56.7 Å². The summed E-state index contributed by atoms with van der Waals surface area (Å²) in [6.45, 7) is 9.44. The van der Waals surface area contributed by atoms with E-state index in [2.05, 4.69) is 37.8 Å². The Kier molecular flexibility index (Phi) is 6.83. The Morgan fingerprint density at radius 2 is 2.06 bits per heavy atom. The molecule has 0 saturated heterocycles. The van der Waals surface area contributed by atoms with Crippen LogP contribution in [-0.2, 0) is 0 Å². The zero-order chi connectivity index (χ0) is 11.9. The van der Waals surface area contributed by atoms with Crippen molar-refractivity contribution in [2.75, 3.05) is 24.6 Å². The van der Waals surface area contributed by atoms with E-state index in [-0.39, 0.29) is 0 Å². The maximum absolute atomic E-state index is 3.63. The third-order valence-corrected chi connectivity index (χ3v) is 4.74. The van der Waals surface area contributed by atoms with Crippen LogP contribution >= 0.6 is 11.8 Å². The minimum Gasteiger partial charge on any atom is -0.316 e. The number of thioether (sulfide) groups is 1. The molecular weight excluding hydrogens is 214 g/mol. The van der Waals surface area contributed by atoms with Crippen molar-refractivity contribution >= 4 is 11.8 Å². The van der Waals surface area contributed by atoms with Gasteiger partial charge in [-0.2, -0.15) is 11.8 Å². The fraction of sp³-hybridized carbons (Fsp3) is 1.00. The summed E-state index contributed by atoms with van der Waals surface area (Å²) >= 11 is 2.09. The van der Waals surface area contributed by atoms with Crippen molar-refractivity contribution in [2.45, 2.75) is 52.9 Å². The standard InChI is InChI=1S/C14H29NS/c1-4-10-15-12-14(3,13-7-8-13)9-6-11-16-5-2/h13,15H,4-12H2,1-3H3. The number of hydrogen-bond donors (Lipinski definition) is 1. The molecule has 0 aromatic rings. The second kappa shape index (κ2) is 7.60. The van der Waals surface area contributed by atoms with Gasteiger partial charge in [0.15, 0.2) is 0 Å². The highest BCUT2D eigenvalue weighted by molar-refractivity contribution is 7.99. The summed E-state index contributed by atoms with van der Waals surface area (Å²) in [5.41, 5.74) is 0.587. The highest BCUT2D eigenvalue weighted by Crippen LogP contribution is 2.47. The summed E-state index contributed by atoms with van der Waals surface area (Å²) in [6, 6.07) is 0. The molecule has 0 amide bonds. The van der Waals surface area contributed by atoms with E-state index in [0.717, 1.165) is 5.92 Å². The van der Waals surface area contributed by atoms with Gasteiger partial charge in [0.1, 0.15) is 0 Å². The van der Waals surface area contributed by atoms with Gasteiger partial charge in [0.2, 0.25) is 0 Å². The first-order valence-corrected chi connectivity index (χ1v) is 8.17. The number of rotatable bonds is 10. The monoisotopic (exact) mass is 243 g/mol. The summed E-state index contributed by atoms with van der Waals surface area (Å²) in [6.07, 6.45) is 7.03. The van der Waals surface area contributed by atoms with Gasteiger partial charge in [-0.15, -0.1) is 0 Å². The van der Waals surface area contributed by atoms with Crippen LogP contribution < -0.4 is 5.32 Å². The highest BCUT2D eigenvalue weighted by atomic mass is 32.2. The lowest BCUT2D eigenvalue weighted by Crippen LogP contribution is -2.34. The van der Waals surface area contributed by atoms with Gasteiger partial charge in [-0.1, -0.05) is 20.8 Å². The number of hydrogen-bond acceptors (Lipinski definition) is 2. The van der Waals surface area contributed by atoms with E-state index in [0.29, 0.717) is 5.41 Å². The van der Waals surface area contributed by atoms with Crippen LogP contribution in [0.4, 0.5) is 0 Å². The molecule has 1 saturated carbocycles. The summed E-state index contributed by atoms with van der Waals surface area (Å²) in [7, 11) is 0. The van der Waals surface area contributed by atoms with Crippen molar-refractivity contribution in [3.8, 4) is 0 Å². The predicted molar refractivity (Wildman–Crippen MR) is 76.2 cm³/mol. The van der Waals surface area contributed by atoms with Crippen LogP contribution in [0.25, 0.3) is 0 Å². The van der Waals surface area contributed by atoms with Gasteiger partial charge in [-0.25, -0.2) is 0 Å². The largest absolute Gasteiger partial charge is 0.316 e. The third-order valence-electron chi connectivity index (χ3n) is 3.76. The van der Waals surface area contributed by atoms with E-state index in [1.54, 1.807) is 0 Å². The van der Waals surface area contributed by atoms with E-state index >= 15 is 0 Å². The highest BCUT2D eigenvalue weighted by Gasteiger charge is 2.40. The van der Waals surface area contributed by atoms with Crippen molar-refractivity contribution in [3.05, 3.63) is 0 Å². The topological polar surface area (TPSA) is 12.0 Å². The van der Waals surface area contributed by atoms with Crippen molar-refractivity contribution in [1.29, 1.82) is 0 Å². The van der Waals surface area contributed by atoms with E-state index < -0.39 is 0 Å². The van der Waals surface area contributed by atoms with E-state index in [9.17, 15) is 0 Å². The summed E-state index contributed by atoms with van der Waals surface area (Å²) in [5, 5.41) is 3.63. The fourth-order valence-electron chi connectivity index (χ4n) is 2.49. The zero-order valence-electron chi connectivity index (χ0n) is 11.3. The fourth-order valence-corrected chi connectivity index (χ4v) is 3.13. The molecule has 16 heavy (non-hydrogen) atoms. The molecule has 1 atom stereocenters. The molecule has 1 N–H and O–H groups in total. The molecular formula is C14H29NS. The molecule has 1 aliphatic carbocycles. The summed E-state index contributed by atoms with van der Waals surface area (Å²) in [5.74, 6) is 3.64. The van der Waals surface area contributed by atoms with Crippen LogP contribution in [0.15, 0.2) is 0 Å². The third kappa shape index (κ3) is 5.09. The molecule has 0 radical (unpaired) electrons. The second-order valence-corrected chi connectivity index (χ2v) is 6.80. The van der Waals surface area contributed by atoms with Crippen LogP contribution in [0.1, 0.15) is 52.9 Å². The molecule has 0 bridgehead atoms. The lowest BCUT2D eigenvalue weighted by Gasteiger charge is -2.30. The Labute approximate surface area is 106 Å². The quantitative estimate of drug-likeness (QED) is 0.583. The van der Waals surface area contributed by atoms with Crippen molar-refractivity contribution in [1.82, 2.24) is 5.32 Å². The lowest BCUT2D eigenvalue weighted by molar-refractivity contribution is 0.235. The first kappa shape index (κ1) is 14.4. The Morgan fingerprint density at radius 3 is 2.62 bits per heavy atom. The van der Waals surface area contributed by atoms with Gasteiger partial charge in [0, 0.05) is 6.54 Å². The van der Waals surface area contributed by atoms with E-state index in [1.807, 2.05) is 0 Å². The second-order valence-electron chi connectivity index (χ2n) is 5.41. The number of nitrogens with one attached hydrogen (secondary N) is 1. The Hall–Kier alpha value is 0.310. The van der Waals surface area contributed by atoms with Crippen LogP contribution in [0.3, 0.4) is 0 Å². The zero-order valence-corrected chi connectivity index (χ0v) is 12.2. The minimum absolute atomic E-state index is 0.587.